The van der Waals surface area contributed by atoms with Gasteiger partial charge in [0.25, 0.3) is 0 Å². The zero-order valence-corrected chi connectivity index (χ0v) is 20.4. The highest BCUT2D eigenvalue weighted by molar-refractivity contribution is 8.03. The second-order valence-corrected chi connectivity index (χ2v) is 8.91. The van der Waals surface area contributed by atoms with E-state index in [9.17, 15) is 19.6 Å². The maximum absolute atomic E-state index is 12.8. The number of halogens is 2. The minimum atomic E-state index is -1.27. The Morgan fingerprint density at radius 2 is 1.82 bits per heavy atom. The van der Waals surface area contributed by atoms with Gasteiger partial charge in [-0.15, -0.1) is 0 Å². The van der Waals surface area contributed by atoms with E-state index in [2.05, 4.69) is 16.7 Å². The van der Waals surface area contributed by atoms with Gasteiger partial charge in [0.05, 0.1) is 42.3 Å². The summed E-state index contributed by atoms with van der Waals surface area (Å²) in [6, 6.07) is 13.3. The smallest absolute Gasteiger partial charge is 0.319 e. The molecule has 0 fully saturated rings. The number of nitrogens with zero attached hydrogens (tertiary/aromatic N) is 1. The number of thioether (sulfide) groups is 1. The van der Waals surface area contributed by atoms with E-state index < -0.39 is 29.6 Å². The number of ether oxygens (including phenoxy) is 2. The third kappa shape index (κ3) is 5.65. The number of carbonyl (C=O) groups is 3. The Labute approximate surface area is 210 Å². The maximum atomic E-state index is 12.8. The molecular weight excluding hydrogens is 501 g/mol. The van der Waals surface area contributed by atoms with Crippen molar-refractivity contribution in [2.24, 2.45) is 5.92 Å². The van der Waals surface area contributed by atoms with E-state index in [-0.39, 0.29) is 16.4 Å². The van der Waals surface area contributed by atoms with Crippen molar-refractivity contribution in [2.75, 3.05) is 25.3 Å². The van der Waals surface area contributed by atoms with E-state index in [1.165, 1.54) is 14.2 Å². The van der Waals surface area contributed by atoms with Crippen molar-refractivity contribution in [1.29, 1.82) is 5.26 Å². The van der Waals surface area contributed by atoms with Crippen LogP contribution in [0.5, 0.6) is 5.75 Å². The largest absolute Gasteiger partial charge is 0.495 e. The lowest BCUT2D eigenvalue weighted by Gasteiger charge is -2.30. The molecule has 0 bridgehead atoms. The Hall–Kier alpha value is -3.19. The van der Waals surface area contributed by atoms with Crippen molar-refractivity contribution >= 4 is 58.4 Å². The van der Waals surface area contributed by atoms with Crippen LogP contribution in [0.3, 0.4) is 0 Å². The average Bonchev–Trinajstić information content (AvgIpc) is 2.82. The van der Waals surface area contributed by atoms with E-state index in [4.69, 9.17) is 32.7 Å². The molecule has 2 aromatic rings. The fourth-order valence-electron chi connectivity index (χ4n) is 3.45. The molecule has 0 radical (unpaired) electrons. The molecule has 1 aliphatic rings. The van der Waals surface area contributed by atoms with Crippen LogP contribution in [0.25, 0.3) is 0 Å². The standard InChI is InChI=1S/C23H19Cl2N3O5S/c1-32-17-8-7-14(25)9-16(17)27-18(29)11-34-22-15(10-26)19(12-3-5-13(24)6-4-12)20(21(30)28-22)23(31)33-2/h3-9,19-20H,11H2,1-2H3,(H,27,29)(H,28,30)/t19-,20-/m1/s1. The van der Waals surface area contributed by atoms with Crippen molar-refractivity contribution in [1.82, 2.24) is 5.32 Å². The highest BCUT2D eigenvalue weighted by Gasteiger charge is 2.44. The number of hydrogen-bond acceptors (Lipinski definition) is 7. The molecule has 2 N–H and O–H groups in total. The number of nitriles is 1. The molecule has 176 valence electrons. The summed E-state index contributed by atoms with van der Waals surface area (Å²) in [6.45, 7) is 0. The first kappa shape index (κ1) is 25.4. The number of rotatable bonds is 7. The normalized spacial score (nSPS) is 17.4. The monoisotopic (exact) mass is 519 g/mol. The summed E-state index contributed by atoms with van der Waals surface area (Å²) in [5, 5.41) is 16.2. The number of hydrogen-bond donors (Lipinski definition) is 2. The highest BCUT2D eigenvalue weighted by Crippen LogP contribution is 2.40. The van der Waals surface area contributed by atoms with Crippen LogP contribution in [0.15, 0.2) is 53.1 Å². The third-order valence-corrected chi connectivity index (χ3v) is 6.50. The number of esters is 1. The van der Waals surface area contributed by atoms with Gasteiger partial charge in [0.15, 0.2) is 0 Å². The van der Waals surface area contributed by atoms with Gasteiger partial charge in [0.2, 0.25) is 11.8 Å². The van der Waals surface area contributed by atoms with Gasteiger partial charge in [-0.2, -0.15) is 5.26 Å². The molecule has 0 aromatic heterocycles. The molecule has 2 amide bonds. The van der Waals surface area contributed by atoms with Crippen molar-refractivity contribution in [3.05, 3.63) is 68.7 Å². The Bertz CT molecular complexity index is 1190. The van der Waals surface area contributed by atoms with E-state index in [0.717, 1.165) is 11.8 Å². The lowest BCUT2D eigenvalue weighted by molar-refractivity contribution is -0.150. The number of nitrogens with one attached hydrogen (secondary N) is 2. The van der Waals surface area contributed by atoms with Gasteiger partial charge in [-0.3, -0.25) is 14.4 Å². The summed E-state index contributed by atoms with van der Waals surface area (Å²) >= 11 is 12.9. The number of methoxy groups -OCH3 is 2. The van der Waals surface area contributed by atoms with Gasteiger partial charge < -0.3 is 20.1 Å². The van der Waals surface area contributed by atoms with Crippen LogP contribution in [-0.4, -0.2) is 37.8 Å². The van der Waals surface area contributed by atoms with Crippen LogP contribution in [0.1, 0.15) is 11.5 Å². The molecule has 2 aromatic carbocycles. The average molecular weight is 520 g/mol. The zero-order chi connectivity index (χ0) is 24.8. The van der Waals surface area contributed by atoms with Crippen LogP contribution in [0, 0.1) is 17.2 Å². The fourth-order valence-corrected chi connectivity index (χ4v) is 4.60. The molecule has 2 atom stereocenters. The topological polar surface area (TPSA) is 118 Å². The summed E-state index contributed by atoms with van der Waals surface area (Å²) in [7, 11) is 2.63. The number of anilines is 1. The van der Waals surface area contributed by atoms with Crippen molar-refractivity contribution < 1.29 is 23.9 Å². The third-order valence-electron chi connectivity index (χ3n) is 5.00. The summed E-state index contributed by atoms with van der Waals surface area (Å²) < 4.78 is 10.0. The summed E-state index contributed by atoms with van der Waals surface area (Å²) in [6.07, 6.45) is 0. The SMILES string of the molecule is COC(=O)[C@H]1C(=O)NC(SCC(=O)Nc2cc(Cl)ccc2OC)=C(C#N)[C@H]1c1ccc(Cl)cc1. The predicted octanol–water partition coefficient (Wildman–Crippen LogP) is 4.11. The van der Waals surface area contributed by atoms with E-state index in [0.29, 0.717) is 27.0 Å². The van der Waals surface area contributed by atoms with Crippen molar-refractivity contribution in [3.63, 3.8) is 0 Å². The first-order chi connectivity index (χ1) is 16.3. The fraction of sp³-hybridized carbons (Fsp3) is 0.217. The quantitative estimate of drug-likeness (QED) is 0.417. The molecular formula is C23H19Cl2N3O5S. The molecule has 0 saturated carbocycles. The lowest BCUT2D eigenvalue weighted by atomic mass is 9.78. The van der Waals surface area contributed by atoms with Gasteiger partial charge >= 0.3 is 5.97 Å². The van der Waals surface area contributed by atoms with E-state index >= 15 is 0 Å². The van der Waals surface area contributed by atoms with Crippen LogP contribution in [-0.2, 0) is 19.1 Å². The summed E-state index contributed by atoms with van der Waals surface area (Å²) in [4.78, 5) is 37.8. The summed E-state index contributed by atoms with van der Waals surface area (Å²) in [5.41, 5.74) is 1.06. The molecule has 8 nitrogen and oxygen atoms in total. The minimum Gasteiger partial charge on any atom is -0.495 e. The Morgan fingerprint density at radius 3 is 2.44 bits per heavy atom. The second-order valence-electron chi connectivity index (χ2n) is 7.06. The maximum Gasteiger partial charge on any atom is 0.319 e. The molecule has 0 spiro atoms. The Balaban J connectivity index is 1.89. The van der Waals surface area contributed by atoms with E-state index in [1.807, 2.05) is 0 Å². The van der Waals surface area contributed by atoms with Crippen LogP contribution in [0.4, 0.5) is 5.69 Å². The Kier molecular flexibility index (Phi) is 8.45. The number of allylic oxidation sites excluding steroid dienone is 1. The molecule has 0 unspecified atom stereocenters. The first-order valence-corrected chi connectivity index (χ1v) is 11.6. The molecule has 34 heavy (non-hydrogen) atoms. The van der Waals surface area contributed by atoms with Gasteiger partial charge in [-0.1, -0.05) is 47.1 Å². The number of benzene rings is 2. The summed E-state index contributed by atoms with van der Waals surface area (Å²) in [5.74, 6) is -3.70. The highest BCUT2D eigenvalue weighted by atomic mass is 35.5. The molecule has 0 saturated heterocycles. The van der Waals surface area contributed by atoms with Gasteiger partial charge in [0, 0.05) is 16.0 Å². The van der Waals surface area contributed by atoms with Crippen LogP contribution in [0.2, 0.25) is 10.0 Å². The van der Waals surface area contributed by atoms with Gasteiger partial charge in [-0.05, 0) is 35.9 Å². The molecule has 1 aliphatic heterocycles. The van der Waals surface area contributed by atoms with Gasteiger partial charge in [-0.25, -0.2) is 0 Å². The molecule has 0 aliphatic carbocycles. The van der Waals surface area contributed by atoms with Crippen LogP contribution >= 0.6 is 35.0 Å². The number of carbonyl (C=O) groups excluding carboxylic acids is 3. The molecule has 1 heterocycles. The second kappa shape index (κ2) is 11.3. The van der Waals surface area contributed by atoms with Crippen molar-refractivity contribution in [3.8, 4) is 11.8 Å². The molecule has 11 heteroatoms. The molecule has 3 rings (SSSR count). The van der Waals surface area contributed by atoms with Crippen LogP contribution < -0.4 is 15.4 Å². The number of amides is 2. The minimum absolute atomic E-state index is 0.132. The van der Waals surface area contributed by atoms with Gasteiger partial charge in [0.1, 0.15) is 11.7 Å². The zero-order valence-electron chi connectivity index (χ0n) is 18.1. The Morgan fingerprint density at radius 1 is 1.15 bits per heavy atom. The lowest BCUT2D eigenvalue weighted by Crippen LogP contribution is -2.44. The van der Waals surface area contributed by atoms with E-state index in [1.54, 1.807) is 42.5 Å². The van der Waals surface area contributed by atoms with Crippen molar-refractivity contribution in [2.45, 2.75) is 5.92 Å². The first-order valence-electron chi connectivity index (χ1n) is 9.83. The predicted molar refractivity (Wildman–Crippen MR) is 130 cm³/mol.